The van der Waals surface area contributed by atoms with Gasteiger partial charge in [0, 0.05) is 29.8 Å². The van der Waals surface area contributed by atoms with Gasteiger partial charge in [0.25, 0.3) is 0 Å². The fourth-order valence-corrected chi connectivity index (χ4v) is 6.11. The molecule has 0 spiro atoms. The molecule has 3 rings (SSSR count). The number of rotatable bonds is 4. The number of benzene rings is 2. The molecule has 1 aliphatic heterocycles. The molecule has 150 valence electrons. The van der Waals surface area contributed by atoms with Crippen LogP contribution in [0.3, 0.4) is 0 Å². The standard InChI is InChI=1S/C20H24N2O4S2/c1-15-5-3-4-6-18(15)19-11-12-22(13-14-27-19)28(24,25)17-9-7-16(8-10-17)21-20(23)26-2/h3-10,19H,11-14H2,1-2H3,(H,21,23). The molecule has 2 aromatic rings. The lowest BCUT2D eigenvalue weighted by atomic mass is 10.0. The first-order valence-corrected chi connectivity index (χ1v) is 11.5. The van der Waals surface area contributed by atoms with Gasteiger partial charge in [0.05, 0.1) is 12.0 Å². The number of thioether (sulfide) groups is 1. The summed E-state index contributed by atoms with van der Waals surface area (Å²) in [6, 6.07) is 14.4. The maximum Gasteiger partial charge on any atom is 0.411 e. The Morgan fingerprint density at radius 1 is 1.14 bits per heavy atom. The van der Waals surface area contributed by atoms with Gasteiger partial charge in [0.2, 0.25) is 10.0 Å². The van der Waals surface area contributed by atoms with Crippen molar-refractivity contribution >= 4 is 33.6 Å². The van der Waals surface area contributed by atoms with Gasteiger partial charge in [-0.3, -0.25) is 5.32 Å². The van der Waals surface area contributed by atoms with E-state index in [0.29, 0.717) is 24.0 Å². The van der Waals surface area contributed by atoms with Crippen molar-refractivity contribution in [2.45, 2.75) is 23.5 Å². The highest BCUT2D eigenvalue weighted by molar-refractivity contribution is 7.99. The van der Waals surface area contributed by atoms with E-state index >= 15 is 0 Å². The minimum Gasteiger partial charge on any atom is -0.453 e. The Morgan fingerprint density at radius 2 is 1.86 bits per heavy atom. The highest BCUT2D eigenvalue weighted by Crippen LogP contribution is 2.37. The lowest BCUT2D eigenvalue weighted by Gasteiger charge is -2.20. The number of hydrogen-bond acceptors (Lipinski definition) is 5. The Morgan fingerprint density at radius 3 is 2.54 bits per heavy atom. The Balaban J connectivity index is 1.72. The number of aryl methyl sites for hydroxylation is 1. The molecule has 2 aromatic carbocycles. The average molecular weight is 421 g/mol. The molecule has 1 heterocycles. The van der Waals surface area contributed by atoms with E-state index in [2.05, 4.69) is 29.1 Å². The number of sulfonamides is 1. The predicted molar refractivity (Wildman–Crippen MR) is 112 cm³/mol. The number of amides is 1. The van der Waals surface area contributed by atoms with Crippen molar-refractivity contribution in [2.24, 2.45) is 0 Å². The van der Waals surface area contributed by atoms with Crippen LogP contribution in [0.5, 0.6) is 0 Å². The van der Waals surface area contributed by atoms with Gasteiger partial charge >= 0.3 is 6.09 Å². The normalized spacial score (nSPS) is 18.3. The molecule has 1 aliphatic rings. The van der Waals surface area contributed by atoms with Crippen LogP contribution in [0.1, 0.15) is 22.8 Å². The number of methoxy groups -OCH3 is 1. The molecular formula is C20H24N2O4S2. The molecule has 0 radical (unpaired) electrons. The topological polar surface area (TPSA) is 75.7 Å². The third-order valence-corrected chi connectivity index (χ3v) is 7.98. The molecule has 0 bridgehead atoms. The number of carbonyl (C=O) groups is 1. The molecule has 1 fully saturated rings. The summed E-state index contributed by atoms with van der Waals surface area (Å²) in [5.41, 5.74) is 3.01. The van der Waals surface area contributed by atoms with Gasteiger partial charge in [-0.15, -0.1) is 0 Å². The summed E-state index contributed by atoms with van der Waals surface area (Å²) >= 11 is 1.81. The van der Waals surface area contributed by atoms with Crippen LogP contribution in [0.4, 0.5) is 10.5 Å². The summed E-state index contributed by atoms with van der Waals surface area (Å²) < 4.78 is 32.2. The van der Waals surface area contributed by atoms with E-state index in [-0.39, 0.29) is 4.90 Å². The number of carbonyl (C=O) groups excluding carboxylic acids is 1. The Kier molecular flexibility index (Phi) is 6.64. The molecule has 1 unspecified atom stereocenters. The number of nitrogens with zero attached hydrogens (tertiary/aromatic N) is 1. The van der Waals surface area contributed by atoms with Gasteiger partial charge in [0.1, 0.15) is 0 Å². The first-order chi connectivity index (χ1) is 13.4. The smallest absolute Gasteiger partial charge is 0.411 e. The van der Waals surface area contributed by atoms with E-state index in [4.69, 9.17) is 0 Å². The van der Waals surface area contributed by atoms with Crippen molar-refractivity contribution in [1.82, 2.24) is 4.31 Å². The summed E-state index contributed by atoms with van der Waals surface area (Å²) in [5.74, 6) is 0.750. The average Bonchev–Trinajstić information content (AvgIpc) is 2.95. The van der Waals surface area contributed by atoms with Crippen molar-refractivity contribution < 1.29 is 17.9 Å². The quantitative estimate of drug-likeness (QED) is 0.808. The second-order valence-electron chi connectivity index (χ2n) is 6.55. The van der Waals surface area contributed by atoms with Crippen molar-refractivity contribution in [1.29, 1.82) is 0 Å². The molecule has 1 amide bonds. The SMILES string of the molecule is COC(=O)Nc1ccc(S(=O)(=O)N2CCSC(c3ccccc3C)CC2)cc1. The number of nitrogens with one attached hydrogen (secondary N) is 1. The summed E-state index contributed by atoms with van der Waals surface area (Å²) in [6.07, 6.45) is 0.180. The van der Waals surface area contributed by atoms with E-state index in [9.17, 15) is 13.2 Å². The van der Waals surface area contributed by atoms with E-state index in [1.165, 1.54) is 30.4 Å². The van der Waals surface area contributed by atoms with Crippen LogP contribution in [0, 0.1) is 6.92 Å². The molecule has 6 nitrogen and oxygen atoms in total. The molecule has 1 saturated heterocycles. The third kappa shape index (κ3) is 4.68. The summed E-state index contributed by atoms with van der Waals surface area (Å²) in [7, 11) is -2.30. The van der Waals surface area contributed by atoms with Crippen LogP contribution in [-0.4, -0.2) is 44.8 Å². The van der Waals surface area contributed by atoms with E-state index in [0.717, 1.165) is 12.2 Å². The van der Waals surface area contributed by atoms with Crippen molar-refractivity contribution in [3.05, 3.63) is 59.7 Å². The summed E-state index contributed by atoms with van der Waals surface area (Å²) in [4.78, 5) is 11.5. The Hall–Kier alpha value is -2.03. The number of anilines is 1. The summed E-state index contributed by atoms with van der Waals surface area (Å²) in [5, 5.41) is 2.82. The second kappa shape index (κ2) is 8.98. The monoisotopic (exact) mass is 420 g/mol. The maximum atomic E-state index is 13.0. The predicted octanol–water partition coefficient (Wildman–Crippen LogP) is 4.04. The minimum atomic E-state index is -3.58. The Bertz CT molecular complexity index is 929. The molecular weight excluding hydrogens is 396 g/mol. The minimum absolute atomic E-state index is 0.224. The van der Waals surface area contributed by atoms with Crippen LogP contribution < -0.4 is 5.32 Å². The van der Waals surface area contributed by atoms with Crippen LogP contribution in [0.15, 0.2) is 53.4 Å². The maximum absolute atomic E-state index is 13.0. The fraction of sp³-hybridized carbons (Fsp3) is 0.350. The largest absolute Gasteiger partial charge is 0.453 e. The van der Waals surface area contributed by atoms with E-state index < -0.39 is 16.1 Å². The van der Waals surface area contributed by atoms with Gasteiger partial charge in [-0.05, 0) is 48.7 Å². The lowest BCUT2D eigenvalue weighted by Crippen LogP contribution is -2.33. The van der Waals surface area contributed by atoms with Gasteiger partial charge < -0.3 is 4.74 Å². The zero-order valence-corrected chi connectivity index (χ0v) is 17.6. The van der Waals surface area contributed by atoms with E-state index in [1.807, 2.05) is 23.9 Å². The molecule has 8 heteroatoms. The van der Waals surface area contributed by atoms with Gasteiger partial charge in [-0.2, -0.15) is 16.1 Å². The van der Waals surface area contributed by atoms with Gasteiger partial charge in [0.15, 0.2) is 0 Å². The van der Waals surface area contributed by atoms with E-state index in [1.54, 1.807) is 16.4 Å². The zero-order chi connectivity index (χ0) is 20.1. The van der Waals surface area contributed by atoms with Crippen molar-refractivity contribution in [3.63, 3.8) is 0 Å². The first kappa shape index (κ1) is 20.7. The van der Waals surface area contributed by atoms with Gasteiger partial charge in [-0.25, -0.2) is 13.2 Å². The van der Waals surface area contributed by atoms with Crippen LogP contribution in [0.25, 0.3) is 0 Å². The molecule has 1 N–H and O–H groups in total. The second-order valence-corrected chi connectivity index (χ2v) is 9.80. The highest BCUT2D eigenvalue weighted by atomic mass is 32.2. The molecule has 28 heavy (non-hydrogen) atoms. The zero-order valence-electron chi connectivity index (χ0n) is 15.9. The molecule has 1 atom stereocenters. The van der Waals surface area contributed by atoms with Crippen molar-refractivity contribution in [2.75, 3.05) is 31.3 Å². The van der Waals surface area contributed by atoms with Gasteiger partial charge in [-0.1, -0.05) is 24.3 Å². The fourth-order valence-electron chi connectivity index (χ4n) is 3.22. The number of hydrogen-bond donors (Lipinski definition) is 1. The van der Waals surface area contributed by atoms with Crippen molar-refractivity contribution in [3.8, 4) is 0 Å². The molecule has 0 aromatic heterocycles. The van der Waals surface area contributed by atoms with Crippen LogP contribution >= 0.6 is 11.8 Å². The van der Waals surface area contributed by atoms with Crippen LogP contribution in [-0.2, 0) is 14.8 Å². The molecule has 0 aliphatic carbocycles. The Labute approximate surface area is 170 Å². The molecule has 0 saturated carbocycles. The van der Waals surface area contributed by atoms with Crippen LogP contribution in [0.2, 0.25) is 0 Å². The third-order valence-electron chi connectivity index (χ3n) is 4.76. The lowest BCUT2D eigenvalue weighted by molar-refractivity contribution is 0.187. The number of ether oxygens (including phenoxy) is 1. The highest BCUT2D eigenvalue weighted by Gasteiger charge is 2.28. The summed E-state index contributed by atoms with van der Waals surface area (Å²) in [6.45, 7) is 3.06. The first-order valence-electron chi connectivity index (χ1n) is 9.04.